The van der Waals surface area contributed by atoms with Crippen LogP contribution in [-0.4, -0.2) is 63.4 Å². The lowest BCUT2D eigenvalue weighted by atomic mass is 10.1. The molecule has 1 aliphatic rings. The SMILES string of the molecule is CN1CCOCC1Cc1c(C(=O)O)cnc2cc(Cl)nn12. The highest BCUT2D eigenvalue weighted by atomic mass is 35.5. The number of aromatic nitrogens is 3. The number of morpholine rings is 1. The smallest absolute Gasteiger partial charge is 0.339 e. The maximum absolute atomic E-state index is 11.4. The van der Waals surface area contributed by atoms with Crippen LogP contribution in [0.3, 0.4) is 0 Å². The molecule has 3 heterocycles. The summed E-state index contributed by atoms with van der Waals surface area (Å²) in [7, 11) is 2.00. The Bertz CT molecular complexity index is 687. The van der Waals surface area contributed by atoms with Crippen molar-refractivity contribution < 1.29 is 14.6 Å². The zero-order chi connectivity index (χ0) is 15.0. The summed E-state index contributed by atoms with van der Waals surface area (Å²) in [6.45, 7) is 2.08. The molecule has 1 fully saturated rings. The average molecular weight is 311 g/mol. The van der Waals surface area contributed by atoms with Gasteiger partial charge in [0.15, 0.2) is 10.8 Å². The molecule has 7 nitrogen and oxygen atoms in total. The van der Waals surface area contributed by atoms with E-state index in [1.54, 1.807) is 6.07 Å². The third-order valence-electron chi connectivity index (χ3n) is 3.73. The van der Waals surface area contributed by atoms with Crippen LogP contribution in [0.1, 0.15) is 16.1 Å². The number of hydrogen-bond donors (Lipinski definition) is 1. The first-order valence-electron chi connectivity index (χ1n) is 6.60. The summed E-state index contributed by atoms with van der Waals surface area (Å²) in [5, 5.41) is 13.8. The summed E-state index contributed by atoms with van der Waals surface area (Å²) >= 11 is 5.90. The first-order valence-corrected chi connectivity index (χ1v) is 6.98. The molecule has 1 saturated heterocycles. The van der Waals surface area contributed by atoms with Gasteiger partial charge in [-0.3, -0.25) is 4.90 Å². The molecular weight excluding hydrogens is 296 g/mol. The van der Waals surface area contributed by atoms with Gasteiger partial charge in [0.1, 0.15) is 0 Å². The van der Waals surface area contributed by atoms with Gasteiger partial charge >= 0.3 is 5.97 Å². The normalized spacial score (nSPS) is 20.0. The van der Waals surface area contributed by atoms with Crippen molar-refractivity contribution in [2.24, 2.45) is 0 Å². The molecule has 8 heteroatoms. The molecule has 2 aromatic rings. The molecule has 1 unspecified atom stereocenters. The van der Waals surface area contributed by atoms with Crippen molar-refractivity contribution in [1.82, 2.24) is 19.5 Å². The Morgan fingerprint density at radius 2 is 2.43 bits per heavy atom. The minimum Gasteiger partial charge on any atom is -0.478 e. The molecule has 0 bridgehead atoms. The molecule has 0 saturated carbocycles. The van der Waals surface area contributed by atoms with Gasteiger partial charge in [-0.05, 0) is 7.05 Å². The van der Waals surface area contributed by atoms with Gasteiger partial charge in [-0.25, -0.2) is 14.3 Å². The van der Waals surface area contributed by atoms with E-state index >= 15 is 0 Å². The predicted octanol–water partition coefficient (Wildman–Crippen LogP) is 0.954. The third kappa shape index (κ3) is 2.72. The second kappa shape index (κ2) is 5.59. The number of rotatable bonds is 3. The highest BCUT2D eigenvalue weighted by Gasteiger charge is 2.25. The lowest BCUT2D eigenvalue weighted by Crippen LogP contribution is -2.44. The second-order valence-electron chi connectivity index (χ2n) is 5.07. The molecule has 1 N–H and O–H groups in total. The molecule has 21 heavy (non-hydrogen) atoms. The number of carboxylic acids is 1. The van der Waals surface area contributed by atoms with Crippen molar-refractivity contribution in [1.29, 1.82) is 0 Å². The summed E-state index contributed by atoms with van der Waals surface area (Å²) in [4.78, 5) is 17.7. The van der Waals surface area contributed by atoms with Gasteiger partial charge < -0.3 is 9.84 Å². The topological polar surface area (TPSA) is 80.0 Å². The van der Waals surface area contributed by atoms with E-state index in [1.165, 1.54) is 10.7 Å². The molecule has 2 aromatic heterocycles. The first kappa shape index (κ1) is 14.2. The molecular formula is C13H15ClN4O3. The number of carboxylic acid groups (broad SMARTS) is 1. The Balaban J connectivity index is 2.05. The Morgan fingerprint density at radius 1 is 1.62 bits per heavy atom. The summed E-state index contributed by atoms with van der Waals surface area (Å²) < 4.78 is 6.99. The fraction of sp³-hybridized carbons (Fsp3) is 0.462. The van der Waals surface area contributed by atoms with Crippen molar-refractivity contribution in [2.45, 2.75) is 12.5 Å². The van der Waals surface area contributed by atoms with Crippen LogP contribution < -0.4 is 0 Å². The van der Waals surface area contributed by atoms with Crippen LogP contribution in [0.15, 0.2) is 12.3 Å². The van der Waals surface area contributed by atoms with E-state index in [1.807, 2.05) is 7.05 Å². The van der Waals surface area contributed by atoms with Gasteiger partial charge in [-0.1, -0.05) is 11.6 Å². The van der Waals surface area contributed by atoms with Gasteiger partial charge in [0.25, 0.3) is 0 Å². The second-order valence-corrected chi connectivity index (χ2v) is 5.46. The summed E-state index contributed by atoms with van der Waals surface area (Å²) in [6.07, 6.45) is 1.86. The van der Waals surface area contributed by atoms with Crippen LogP contribution >= 0.6 is 11.6 Å². The molecule has 1 aliphatic heterocycles. The van der Waals surface area contributed by atoms with Crippen molar-refractivity contribution in [3.63, 3.8) is 0 Å². The number of fused-ring (bicyclic) bond motifs is 1. The number of aromatic carboxylic acids is 1. The van der Waals surface area contributed by atoms with E-state index in [9.17, 15) is 9.90 Å². The zero-order valence-corrected chi connectivity index (χ0v) is 12.2. The number of likely N-dealkylation sites (N-methyl/N-ethyl adjacent to an activating group) is 1. The summed E-state index contributed by atoms with van der Waals surface area (Å²) in [5.41, 5.74) is 1.27. The molecule has 1 atom stereocenters. The number of halogens is 1. The molecule has 112 valence electrons. The highest BCUT2D eigenvalue weighted by molar-refractivity contribution is 6.29. The van der Waals surface area contributed by atoms with Crippen LogP contribution in [0.2, 0.25) is 5.15 Å². The monoisotopic (exact) mass is 310 g/mol. The van der Waals surface area contributed by atoms with E-state index < -0.39 is 5.97 Å². The predicted molar refractivity (Wildman–Crippen MR) is 75.9 cm³/mol. The third-order valence-corrected chi connectivity index (χ3v) is 3.92. The molecule has 0 spiro atoms. The number of carbonyl (C=O) groups is 1. The quantitative estimate of drug-likeness (QED) is 0.909. The maximum atomic E-state index is 11.4. The van der Waals surface area contributed by atoms with Crippen LogP contribution in [-0.2, 0) is 11.2 Å². The Hall–Kier alpha value is -1.70. The Kier molecular flexibility index (Phi) is 3.79. The molecule has 3 rings (SSSR count). The van der Waals surface area contributed by atoms with E-state index in [0.29, 0.717) is 36.1 Å². The minimum absolute atomic E-state index is 0.102. The highest BCUT2D eigenvalue weighted by Crippen LogP contribution is 2.19. The van der Waals surface area contributed by atoms with Gasteiger partial charge in [0.2, 0.25) is 0 Å². The summed E-state index contributed by atoms with van der Waals surface area (Å²) in [5.74, 6) is -1.02. The van der Waals surface area contributed by atoms with Gasteiger partial charge in [0.05, 0.1) is 24.5 Å². The molecule has 0 radical (unpaired) electrons. The Labute approximate surface area is 126 Å². The van der Waals surface area contributed by atoms with E-state index in [2.05, 4.69) is 15.0 Å². The van der Waals surface area contributed by atoms with E-state index in [4.69, 9.17) is 16.3 Å². The van der Waals surface area contributed by atoms with Gasteiger partial charge in [-0.15, -0.1) is 0 Å². The largest absolute Gasteiger partial charge is 0.478 e. The number of ether oxygens (including phenoxy) is 1. The zero-order valence-electron chi connectivity index (χ0n) is 11.5. The Morgan fingerprint density at radius 3 is 3.14 bits per heavy atom. The van der Waals surface area contributed by atoms with Crippen LogP contribution in [0.5, 0.6) is 0 Å². The molecule has 0 aliphatic carbocycles. The van der Waals surface area contributed by atoms with Crippen LogP contribution in [0, 0.1) is 0 Å². The van der Waals surface area contributed by atoms with Crippen LogP contribution in [0.25, 0.3) is 5.65 Å². The van der Waals surface area contributed by atoms with Gasteiger partial charge in [0, 0.05) is 31.3 Å². The molecule has 0 aromatic carbocycles. The fourth-order valence-corrected chi connectivity index (χ4v) is 2.68. The number of hydrogen-bond acceptors (Lipinski definition) is 5. The fourth-order valence-electron chi connectivity index (χ4n) is 2.50. The van der Waals surface area contributed by atoms with Crippen molar-refractivity contribution in [2.75, 3.05) is 26.8 Å². The first-order chi connectivity index (χ1) is 10.1. The van der Waals surface area contributed by atoms with E-state index in [0.717, 1.165) is 6.54 Å². The van der Waals surface area contributed by atoms with Gasteiger partial charge in [-0.2, -0.15) is 5.10 Å². The van der Waals surface area contributed by atoms with Crippen molar-refractivity contribution in [3.05, 3.63) is 28.7 Å². The standard InChI is InChI=1S/C13H15ClN4O3/c1-17-2-3-21-7-8(17)4-10-9(13(19)20)6-15-12-5-11(14)16-18(10)12/h5-6,8H,2-4,7H2,1H3,(H,19,20). The lowest BCUT2D eigenvalue weighted by molar-refractivity contribution is 0.00560. The lowest BCUT2D eigenvalue weighted by Gasteiger charge is -2.32. The van der Waals surface area contributed by atoms with Crippen LogP contribution in [0.4, 0.5) is 0 Å². The minimum atomic E-state index is -1.02. The number of nitrogens with zero attached hydrogens (tertiary/aromatic N) is 4. The average Bonchev–Trinajstić information content (AvgIpc) is 2.82. The molecule has 0 amide bonds. The maximum Gasteiger partial charge on any atom is 0.339 e. The summed E-state index contributed by atoms with van der Waals surface area (Å²) in [6, 6.07) is 1.71. The van der Waals surface area contributed by atoms with Crippen molar-refractivity contribution in [3.8, 4) is 0 Å². The van der Waals surface area contributed by atoms with Crippen molar-refractivity contribution >= 4 is 23.2 Å². The van der Waals surface area contributed by atoms with E-state index in [-0.39, 0.29) is 11.6 Å².